The molecule has 4 nitrogen and oxygen atoms in total. The standard InChI is InChI=1S/C21H20FNO3/c1-2-26-19-13-10-17(14-15-8-11-18(12-9-15)23(24)25)21(22)20(19)16-6-4-3-5-7-16/h3-6,8-13,16H,2,7,14H2,1H3. The number of ether oxygens (including phenoxy) is 1. The first-order chi connectivity index (χ1) is 12.6. The van der Waals surface area contributed by atoms with Crippen molar-refractivity contribution in [2.75, 3.05) is 6.61 Å². The summed E-state index contributed by atoms with van der Waals surface area (Å²) < 4.78 is 20.9. The molecule has 3 rings (SSSR count). The van der Waals surface area contributed by atoms with E-state index in [2.05, 4.69) is 0 Å². The first-order valence-electron chi connectivity index (χ1n) is 8.61. The van der Waals surface area contributed by atoms with Crippen molar-refractivity contribution in [2.45, 2.75) is 25.7 Å². The first-order valence-corrected chi connectivity index (χ1v) is 8.61. The zero-order chi connectivity index (χ0) is 18.5. The number of halogens is 1. The Morgan fingerprint density at radius 3 is 2.58 bits per heavy atom. The van der Waals surface area contributed by atoms with E-state index < -0.39 is 4.92 Å². The van der Waals surface area contributed by atoms with Crippen LogP contribution in [-0.2, 0) is 6.42 Å². The summed E-state index contributed by atoms with van der Waals surface area (Å²) in [4.78, 5) is 10.3. The molecule has 1 aliphatic carbocycles. The summed E-state index contributed by atoms with van der Waals surface area (Å²) >= 11 is 0. The molecule has 0 fully saturated rings. The van der Waals surface area contributed by atoms with Gasteiger partial charge in [0.15, 0.2) is 0 Å². The highest BCUT2D eigenvalue weighted by molar-refractivity contribution is 5.46. The second-order valence-corrected chi connectivity index (χ2v) is 6.14. The van der Waals surface area contributed by atoms with E-state index in [1.54, 1.807) is 18.2 Å². The van der Waals surface area contributed by atoms with E-state index in [-0.39, 0.29) is 17.4 Å². The van der Waals surface area contributed by atoms with Crippen molar-refractivity contribution in [2.24, 2.45) is 0 Å². The summed E-state index contributed by atoms with van der Waals surface area (Å²) in [6.07, 6.45) is 8.98. The summed E-state index contributed by atoms with van der Waals surface area (Å²) in [6.45, 7) is 2.35. The number of nitrogens with zero attached hydrogens (tertiary/aromatic N) is 1. The van der Waals surface area contributed by atoms with Crippen LogP contribution in [0.25, 0.3) is 0 Å². The van der Waals surface area contributed by atoms with Gasteiger partial charge in [0, 0.05) is 30.0 Å². The lowest BCUT2D eigenvalue weighted by Crippen LogP contribution is -2.08. The molecule has 0 N–H and O–H groups in total. The van der Waals surface area contributed by atoms with Gasteiger partial charge in [-0.05, 0) is 30.5 Å². The van der Waals surface area contributed by atoms with Crippen LogP contribution in [0.1, 0.15) is 36.0 Å². The number of hydrogen-bond acceptors (Lipinski definition) is 3. The largest absolute Gasteiger partial charge is 0.493 e. The smallest absolute Gasteiger partial charge is 0.269 e. The molecule has 26 heavy (non-hydrogen) atoms. The summed E-state index contributed by atoms with van der Waals surface area (Å²) in [6, 6.07) is 9.76. The van der Waals surface area contributed by atoms with Crippen LogP contribution in [0.15, 0.2) is 60.7 Å². The van der Waals surface area contributed by atoms with Gasteiger partial charge >= 0.3 is 0 Å². The number of allylic oxidation sites excluding steroid dienone is 4. The average molecular weight is 353 g/mol. The van der Waals surface area contributed by atoms with E-state index in [0.717, 1.165) is 12.0 Å². The highest BCUT2D eigenvalue weighted by Crippen LogP contribution is 2.36. The van der Waals surface area contributed by atoms with E-state index in [1.807, 2.05) is 37.3 Å². The summed E-state index contributed by atoms with van der Waals surface area (Å²) in [7, 11) is 0. The third kappa shape index (κ3) is 3.82. The minimum atomic E-state index is -0.442. The summed E-state index contributed by atoms with van der Waals surface area (Å²) in [5.41, 5.74) is 1.98. The van der Waals surface area contributed by atoms with Gasteiger partial charge in [0.2, 0.25) is 0 Å². The third-order valence-corrected chi connectivity index (χ3v) is 4.41. The molecule has 0 spiro atoms. The number of benzene rings is 2. The lowest BCUT2D eigenvalue weighted by molar-refractivity contribution is -0.384. The van der Waals surface area contributed by atoms with Gasteiger partial charge in [-0.1, -0.05) is 42.5 Å². The van der Waals surface area contributed by atoms with Crippen LogP contribution in [0.4, 0.5) is 10.1 Å². The van der Waals surface area contributed by atoms with Crippen molar-refractivity contribution in [1.82, 2.24) is 0 Å². The van der Waals surface area contributed by atoms with Crippen molar-refractivity contribution in [3.05, 3.63) is 93.3 Å². The van der Waals surface area contributed by atoms with E-state index in [0.29, 0.717) is 29.9 Å². The highest BCUT2D eigenvalue weighted by atomic mass is 19.1. The molecular weight excluding hydrogens is 333 g/mol. The molecule has 0 bridgehead atoms. The molecule has 0 saturated carbocycles. The van der Waals surface area contributed by atoms with Gasteiger partial charge in [0.25, 0.3) is 5.69 Å². The molecule has 2 aromatic rings. The number of nitro benzene ring substituents is 1. The number of hydrogen-bond donors (Lipinski definition) is 0. The summed E-state index contributed by atoms with van der Waals surface area (Å²) in [5, 5.41) is 10.8. The van der Waals surface area contributed by atoms with Crippen molar-refractivity contribution in [1.29, 1.82) is 0 Å². The minimum absolute atomic E-state index is 0.0285. The van der Waals surface area contributed by atoms with Gasteiger partial charge in [-0.3, -0.25) is 10.1 Å². The predicted octanol–water partition coefficient (Wildman–Crippen LogP) is 5.32. The zero-order valence-corrected chi connectivity index (χ0v) is 14.5. The van der Waals surface area contributed by atoms with Crippen LogP contribution in [0.5, 0.6) is 5.75 Å². The van der Waals surface area contributed by atoms with Crippen LogP contribution in [-0.4, -0.2) is 11.5 Å². The topological polar surface area (TPSA) is 52.4 Å². The molecule has 0 heterocycles. The third-order valence-electron chi connectivity index (χ3n) is 4.41. The molecule has 2 aromatic carbocycles. The Hall–Kier alpha value is -2.95. The Morgan fingerprint density at radius 2 is 1.96 bits per heavy atom. The molecule has 0 amide bonds. The maximum Gasteiger partial charge on any atom is 0.269 e. The number of non-ortho nitro benzene ring substituents is 1. The average Bonchev–Trinajstić information content (AvgIpc) is 2.65. The van der Waals surface area contributed by atoms with E-state index in [9.17, 15) is 10.1 Å². The fourth-order valence-electron chi connectivity index (χ4n) is 3.13. The van der Waals surface area contributed by atoms with Gasteiger partial charge in [-0.15, -0.1) is 0 Å². The van der Waals surface area contributed by atoms with Crippen molar-refractivity contribution in [3.63, 3.8) is 0 Å². The number of rotatable bonds is 6. The van der Waals surface area contributed by atoms with Crippen molar-refractivity contribution in [3.8, 4) is 5.75 Å². The van der Waals surface area contributed by atoms with Crippen LogP contribution in [0, 0.1) is 15.9 Å². The molecule has 0 aromatic heterocycles. The number of nitro groups is 1. The fraction of sp³-hybridized carbons (Fsp3) is 0.238. The maximum absolute atomic E-state index is 15.3. The maximum atomic E-state index is 15.3. The van der Waals surface area contributed by atoms with Crippen LogP contribution < -0.4 is 4.74 Å². The quantitative estimate of drug-likeness (QED) is 0.521. The van der Waals surface area contributed by atoms with E-state index in [1.165, 1.54) is 12.1 Å². The van der Waals surface area contributed by atoms with Gasteiger partial charge in [0.05, 0.1) is 11.5 Å². The van der Waals surface area contributed by atoms with Gasteiger partial charge in [-0.2, -0.15) is 0 Å². The van der Waals surface area contributed by atoms with Crippen molar-refractivity contribution >= 4 is 5.69 Å². The monoisotopic (exact) mass is 353 g/mol. The fourth-order valence-corrected chi connectivity index (χ4v) is 3.13. The van der Waals surface area contributed by atoms with Crippen LogP contribution in [0.2, 0.25) is 0 Å². The predicted molar refractivity (Wildman–Crippen MR) is 99.1 cm³/mol. The zero-order valence-electron chi connectivity index (χ0n) is 14.5. The molecule has 5 heteroatoms. The molecule has 0 saturated heterocycles. The molecule has 1 aliphatic rings. The van der Waals surface area contributed by atoms with Crippen LogP contribution in [0.3, 0.4) is 0 Å². The Morgan fingerprint density at radius 1 is 1.19 bits per heavy atom. The van der Waals surface area contributed by atoms with Gasteiger partial charge in [0.1, 0.15) is 11.6 Å². The highest BCUT2D eigenvalue weighted by Gasteiger charge is 2.21. The lowest BCUT2D eigenvalue weighted by Gasteiger charge is -2.20. The molecular formula is C21H20FNO3. The molecule has 0 aliphatic heterocycles. The van der Waals surface area contributed by atoms with Gasteiger partial charge < -0.3 is 4.74 Å². The Balaban J connectivity index is 1.93. The molecule has 134 valence electrons. The second-order valence-electron chi connectivity index (χ2n) is 6.14. The van der Waals surface area contributed by atoms with Crippen LogP contribution >= 0.6 is 0 Å². The molecule has 1 atom stereocenters. The van der Waals surface area contributed by atoms with E-state index in [4.69, 9.17) is 4.74 Å². The van der Waals surface area contributed by atoms with Gasteiger partial charge in [-0.25, -0.2) is 4.39 Å². The minimum Gasteiger partial charge on any atom is -0.493 e. The SMILES string of the molecule is CCOc1ccc(Cc2ccc([N+](=O)[O-])cc2)c(F)c1C1C=CC=CC1. The molecule has 1 unspecified atom stereocenters. The normalized spacial score (nSPS) is 15.8. The van der Waals surface area contributed by atoms with E-state index >= 15 is 4.39 Å². The van der Waals surface area contributed by atoms with Crippen molar-refractivity contribution < 1.29 is 14.1 Å². The molecule has 0 radical (unpaired) electrons. The Kier molecular flexibility index (Phi) is 5.46. The lowest BCUT2D eigenvalue weighted by atomic mass is 9.89. The second kappa shape index (κ2) is 7.95. The summed E-state index contributed by atoms with van der Waals surface area (Å²) in [5.74, 6) is 0.250. The Labute approximate surface area is 151 Å². The Bertz CT molecular complexity index is 856. The first kappa shape index (κ1) is 17.9.